The molecule has 1 unspecified atom stereocenters. The van der Waals surface area contributed by atoms with Crippen LogP contribution < -0.4 is 5.73 Å². The summed E-state index contributed by atoms with van der Waals surface area (Å²) in [5, 5.41) is 1.12. The Morgan fingerprint density at radius 1 is 1.43 bits per heavy atom. The molecule has 0 aliphatic carbocycles. The second-order valence-electron chi connectivity index (χ2n) is 2.91. The van der Waals surface area contributed by atoms with Crippen molar-refractivity contribution < 1.29 is 9.63 Å². The number of carbonyl (C=O) groups is 1. The molecular formula is C10H14N2O2. The third-order valence-corrected chi connectivity index (χ3v) is 2.01. The topological polar surface area (TPSA) is 55.6 Å². The molecule has 14 heavy (non-hydrogen) atoms. The molecule has 0 spiro atoms. The van der Waals surface area contributed by atoms with Gasteiger partial charge in [-0.25, -0.2) is 5.06 Å². The number of amides is 1. The van der Waals surface area contributed by atoms with Crippen LogP contribution in [-0.2, 0) is 9.63 Å². The molecule has 0 bridgehead atoms. The SMILES string of the molecule is CON(C)C(=O)C(N)c1ccccc1. The minimum absolute atomic E-state index is 0.265. The highest BCUT2D eigenvalue weighted by molar-refractivity contribution is 5.81. The van der Waals surface area contributed by atoms with Crippen molar-refractivity contribution in [2.45, 2.75) is 6.04 Å². The first-order valence-corrected chi connectivity index (χ1v) is 4.29. The molecule has 0 radical (unpaired) electrons. The molecule has 1 amide bonds. The van der Waals surface area contributed by atoms with Crippen molar-refractivity contribution in [2.75, 3.05) is 14.2 Å². The summed E-state index contributed by atoms with van der Waals surface area (Å²) in [6.45, 7) is 0. The van der Waals surface area contributed by atoms with Crippen LogP contribution in [0.2, 0.25) is 0 Å². The van der Waals surface area contributed by atoms with Gasteiger partial charge in [0, 0.05) is 7.05 Å². The Kier molecular flexibility index (Phi) is 3.62. The molecule has 0 heterocycles. The predicted octanol–water partition coefficient (Wildman–Crippen LogP) is 0.706. The van der Waals surface area contributed by atoms with Crippen LogP contribution in [0.15, 0.2) is 30.3 Å². The molecule has 4 nitrogen and oxygen atoms in total. The number of nitrogens with two attached hydrogens (primary N) is 1. The van der Waals surface area contributed by atoms with Crippen LogP contribution in [0.1, 0.15) is 11.6 Å². The molecule has 2 N–H and O–H groups in total. The molecule has 0 aromatic heterocycles. The van der Waals surface area contributed by atoms with Crippen LogP contribution in [0.5, 0.6) is 0 Å². The van der Waals surface area contributed by atoms with Crippen molar-refractivity contribution in [2.24, 2.45) is 5.73 Å². The zero-order valence-electron chi connectivity index (χ0n) is 8.31. The van der Waals surface area contributed by atoms with Crippen molar-refractivity contribution >= 4 is 5.91 Å². The Morgan fingerprint density at radius 3 is 2.50 bits per heavy atom. The van der Waals surface area contributed by atoms with Gasteiger partial charge in [0.15, 0.2) is 0 Å². The Bertz CT molecular complexity index is 300. The molecule has 1 rings (SSSR count). The Labute approximate surface area is 83.2 Å². The Morgan fingerprint density at radius 2 is 2.00 bits per heavy atom. The first-order valence-electron chi connectivity index (χ1n) is 4.29. The van der Waals surface area contributed by atoms with E-state index >= 15 is 0 Å². The monoisotopic (exact) mass is 194 g/mol. The number of hydroxylamine groups is 2. The molecular weight excluding hydrogens is 180 g/mol. The van der Waals surface area contributed by atoms with E-state index in [0.717, 1.165) is 10.6 Å². The largest absolute Gasteiger partial charge is 0.316 e. The van der Waals surface area contributed by atoms with E-state index < -0.39 is 6.04 Å². The van der Waals surface area contributed by atoms with Gasteiger partial charge in [-0.15, -0.1) is 0 Å². The van der Waals surface area contributed by atoms with Gasteiger partial charge in [0.2, 0.25) is 0 Å². The summed E-state index contributed by atoms with van der Waals surface area (Å²) in [7, 11) is 2.96. The lowest BCUT2D eigenvalue weighted by Crippen LogP contribution is -2.35. The lowest BCUT2D eigenvalue weighted by atomic mass is 10.1. The molecule has 1 aromatic carbocycles. The average Bonchev–Trinajstić information content (AvgIpc) is 2.27. The fraction of sp³-hybridized carbons (Fsp3) is 0.300. The van der Waals surface area contributed by atoms with Crippen LogP contribution in [0.4, 0.5) is 0 Å². The van der Waals surface area contributed by atoms with Gasteiger partial charge in [-0.3, -0.25) is 9.63 Å². The maximum absolute atomic E-state index is 11.6. The number of nitrogens with zero attached hydrogens (tertiary/aromatic N) is 1. The lowest BCUT2D eigenvalue weighted by molar-refractivity contribution is -0.170. The molecule has 4 heteroatoms. The number of hydrogen-bond donors (Lipinski definition) is 1. The maximum atomic E-state index is 11.6. The van der Waals surface area contributed by atoms with Gasteiger partial charge in [0.1, 0.15) is 6.04 Å². The summed E-state index contributed by atoms with van der Waals surface area (Å²) in [5.74, 6) is -0.265. The van der Waals surface area contributed by atoms with Gasteiger partial charge in [0.05, 0.1) is 7.11 Å². The van der Waals surface area contributed by atoms with Gasteiger partial charge < -0.3 is 5.73 Å². The van der Waals surface area contributed by atoms with Crippen molar-refractivity contribution in [1.82, 2.24) is 5.06 Å². The normalized spacial score (nSPS) is 12.2. The van der Waals surface area contributed by atoms with E-state index in [1.54, 1.807) is 0 Å². The van der Waals surface area contributed by atoms with Crippen LogP contribution in [0.25, 0.3) is 0 Å². The van der Waals surface area contributed by atoms with E-state index in [2.05, 4.69) is 0 Å². The van der Waals surface area contributed by atoms with Crippen molar-refractivity contribution in [1.29, 1.82) is 0 Å². The molecule has 1 aromatic rings. The van der Waals surface area contributed by atoms with E-state index in [1.807, 2.05) is 30.3 Å². The maximum Gasteiger partial charge on any atom is 0.267 e. The summed E-state index contributed by atoms with van der Waals surface area (Å²) in [5.41, 5.74) is 6.52. The number of rotatable bonds is 3. The smallest absolute Gasteiger partial charge is 0.267 e. The second kappa shape index (κ2) is 4.74. The molecule has 1 atom stereocenters. The van der Waals surface area contributed by atoms with Gasteiger partial charge >= 0.3 is 0 Å². The van der Waals surface area contributed by atoms with Gasteiger partial charge in [-0.1, -0.05) is 30.3 Å². The fourth-order valence-electron chi connectivity index (χ4n) is 1.09. The van der Waals surface area contributed by atoms with Gasteiger partial charge in [0.25, 0.3) is 5.91 Å². The average molecular weight is 194 g/mol. The molecule has 0 saturated heterocycles. The predicted molar refractivity (Wildman–Crippen MR) is 53.1 cm³/mol. The highest BCUT2D eigenvalue weighted by atomic mass is 16.7. The Hall–Kier alpha value is -1.39. The fourth-order valence-corrected chi connectivity index (χ4v) is 1.09. The minimum Gasteiger partial charge on any atom is -0.316 e. The number of carbonyl (C=O) groups excluding carboxylic acids is 1. The molecule has 0 aliphatic rings. The second-order valence-corrected chi connectivity index (χ2v) is 2.91. The zero-order valence-corrected chi connectivity index (χ0v) is 8.31. The highest BCUT2D eigenvalue weighted by Crippen LogP contribution is 2.11. The molecule has 76 valence electrons. The summed E-state index contributed by atoms with van der Waals surface area (Å²) in [6, 6.07) is 8.52. The summed E-state index contributed by atoms with van der Waals surface area (Å²) >= 11 is 0. The number of hydrogen-bond acceptors (Lipinski definition) is 3. The van der Waals surface area contributed by atoms with Crippen LogP contribution >= 0.6 is 0 Å². The molecule has 0 fully saturated rings. The quantitative estimate of drug-likeness (QED) is 0.721. The van der Waals surface area contributed by atoms with Gasteiger partial charge in [-0.2, -0.15) is 0 Å². The Balaban J connectivity index is 2.76. The van der Waals surface area contributed by atoms with E-state index in [-0.39, 0.29) is 5.91 Å². The zero-order chi connectivity index (χ0) is 10.6. The van der Waals surface area contributed by atoms with Crippen molar-refractivity contribution in [3.8, 4) is 0 Å². The van der Waals surface area contributed by atoms with Crippen LogP contribution in [0.3, 0.4) is 0 Å². The summed E-state index contributed by atoms with van der Waals surface area (Å²) in [4.78, 5) is 16.3. The van der Waals surface area contributed by atoms with Crippen LogP contribution in [0, 0.1) is 0 Å². The van der Waals surface area contributed by atoms with E-state index in [9.17, 15) is 4.79 Å². The van der Waals surface area contributed by atoms with E-state index in [0.29, 0.717) is 0 Å². The van der Waals surface area contributed by atoms with E-state index in [4.69, 9.17) is 10.6 Å². The lowest BCUT2D eigenvalue weighted by Gasteiger charge is -2.18. The minimum atomic E-state index is -0.666. The van der Waals surface area contributed by atoms with Crippen LogP contribution in [-0.4, -0.2) is 25.1 Å². The molecule has 0 saturated carbocycles. The third-order valence-electron chi connectivity index (χ3n) is 2.01. The van der Waals surface area contributed by atoms with E-state index in [1.165, 1.54) is 14.2 Å². The first kappa shape index (κ1) is 10.7. The standard InChI is InChI=1S/C10H14N2O2/c1-12(14-2)10(13)9(11)8-6-4-3-5-7-8/h3-7,9H,11H2,1-2H3. The number of likely N-dealkylation sites (N-methyl/N-ethyl adjacent to an activating group) is 1. The summed E-state index contributed by atoms with van der Waals surface area (Å²) in [6.07, 6.45) is 0. The third kappa shape index (κ3) is 2.31. The summed E-state index contributed by atoms with van der Waals surface area (Å²) < 4.78 is 0. The van der Waals surface area contributed by atoms with Crippen molar-refractivity contribution in [3.63, 3.8) is 0 Å². The van der Waals surface area contributed by atoms with Gasteiger partial charge in [-0.05, 0) is 5.56 Å². The number of benzene rings is 1. The molecule has 0 aliphatic heterocycles. The first-order chi connectivity index (χ1) is 6.66. The van der Waals surface area contributed by atoms with Crippen molar-refractivity contribution in [3.05, 3.63) is 35.9 Å². The highest BCUT2D eigenvalue weighted by Gasteiger charge is 2.19.